The molecular formula is C25H34F6N3O3+. The van der Waals surface area contributed by atoms with Crippen LogP contribution >= 0.6 is 0 Å². The Morgan fingerprint density at radius 1 is 1.11 bits per heavy atom. The van der Waals surface area contributed by atoms with Gasteiger partial charge in [-0.15, -0.1) is 0 Å². The molecule has 208 valence electrons. The largest absolute Gasteiger partial charge is 0.422 e. The van der Waals surface area contributed by atoms with Crippen LogP contribution in [-0.4, -0.2) is 55.9 Å². The number of aromatic nitrogens is 1. The third kappa shape index (κ3) is 6.87. The number of nitrogens with zero attached hydrogens (tertiary/aromatic N) is 2. The van der Waals surface area contributed by atoms with E-state index in [9.17, 15) is 31.1 Å². The fourth-order valence-corrected chi connectivity index (χ4v) is 6.17. The Labute approximate surface area is 212 Å². The Kier molecular flexibility index (Phi) is 8.27. The van der Waals surface area contributed by atoms with Crippen molar-refractivity contribution < 1.29 is 45.4 Å². The molecule has 4 unspecified atom stereocenters. The molecule has 5 rings (SSSR count). The fourth-order valence-electron chi connectivity index (χ4n) is 6.17. The maximum Gasteiger partial charge on any atom is 0.422 e. The first kappa shape index (κ1) is 27.9. The van der Waals surface area contributed by atoms with E-state index in [2.05, 4.69) is 5.32 Å². The lowest BCUT2D eigenvalue weighted by Gasteiger charge is -2.33. The average molecular weight is 539 g/mol. The molecule has 1 aromatic rings. The van der Waals surface area contributed by atoms with Crippen LogP contribution in [0.15, 0.2) is 12.3 Å². The first-order valence-electron chi connectivity index (χ1n) is 12.7. The molecule has 0 spiro atoms. The van der Waals surface area contributed by atoms with Gasteiger partial charge in [-0.25, -0.2) is 0 Å². The van der Waals surface area contributed by atoms with Crippen molar-refractivity contribution in [3.8, 4) is 0 Å². The average Bonchev–Trinajstić information content (AvgIpc) is 3.36. The van der Waals surface area contributed by atoms with Gasteiger partial charge >= 0.3 is 12.4 Å². The van der Waals surface area contributed by atoms with Crippen LogP contribution in [0, 0.1) is 17.8 Å². The van der Waals surface area contributed by atoms with E-state index in [1.807, 2.05) is 0 Å². The van der Waals surface area contributed by atoms with Gasteiger partial charge in [0.25, 0.3) is 0 Å². The molecule has 6 nitrogen and oxygen atoms in total. The summed E-state index contributed by atoms with van der Waals surface area (Å²) < 4.78 is 77.9. The molecule has 1 aromatic heterocycles. The number of rotatable bonds is 4. The van der Waals surface area contributed by atoms with Gasteiger partial charge in [0.1, 0.15) is 12.7 Å². The molecule has 3 fully saturated rings. The molecule has 2 aliphatic heterocycles. The third-order valence-corrected chi connectivity index (χ3v) is 7.84. The summed E-state index contributed by atoms with van der Waals surface area (Å²) in [6, 6.07) is 1.99. The zero-order valence-electron chi connectivity index (χ0n) is 21.0. The zero-order valence-corrected chi connectivity index (χ0v) is 21.0. The van der Waals surface area contributed by atoms with E-state index >= 15 is 0 Å². The predicted octanol–water partition coefficient (Wildman–Crippen LogP) is 3.69. The first-order chi connectivity index (χ1) is 17.3. The van der Waals surface area contributed by atoms with E-state index in [1.165, 1.54) is 24.7 Å². The summed E-state index contributed by atoms with van der Waals surface area (Å²) in [4.78, 5) is 20.1. The number of carbonyl (C=O) groups is 1. The quantitative estimate of drug-likeness (QED) is 0.470. The summed E-state index contributed by atoms with van der Waals surface area (Å²) in [6.45, 7) is 2.54. The molecule has 3 heterocycles. The highest BCUT2D eigenvalue weighted by molar-refractivity contribution is 5.79. The van der Waals surface area contributed by atoms with Gasteiger partial charge in [0, 0.05) is 41.8 Å². The molecule has 2 bridgehead atoms. The van der Waals surface area contributed by atoms with Gasteiger partial charge in [0.2, 0.25) is 17.8 Å². The van der Waals surface area contributed by atoms with Gasteiger partial charge in [-0.05, 0) is 50.0 Å². The predicted molar refractivity (Wildman–Crippen MR) is 120 cm³/mol. The molecule has 1 saturated heterocycles. The number of halogens is 6. The monoisotopic (exact) mass is 538 g/mol. The van der Waals surface area contributed by atoms with Crippen LogP contribution in [0.3, 0.4) is 0 Å². The van der Waals surface area contributed by atoms with Crippen LogP contribution in [0.1, 0.15) is 55.8 Å². The smallest absolute Gasteiger partial charge is 0.381 e. The minimum Gasteiger partial charge on any atom is -0.381 e. The van der Waals surface area contributed by atoms with Crippen LogP contribution in [0.25, 0.3) is 0 Å². The molecule has 0 aromatic carbocycles. The van der Waals surface area contributed by atoms with E-state index in [-0.39, 0.29) is 25.3 Å². The Bertz CT molecular complexity index is 948. The number of alkyl halides is 6. The molecule has 37 heavy (non-hydrogen) atoms. The lowest BCUT2D eigenvalue weighted by molar-refractivity contribution is -0.891. The summed E-state index contributed by atoms with van der Waals surface area (Å²) in [6.07, 6.45) is -1.97. The maximum atomic E-state index is 13.3. The number of nitrogens with one attached hydrogen (secondary N) is 1. The van der Waals surface area contributed by atoms with Gasteiger partial charge in [-0.2, -0.15) is 26.3 Å². The van der Waals surface area contributed by atoms with Crippen LogP contribution in [0.4, 0.5) is 26.3 Å². The standard InChI is InChI=1S/C23H31F3N3O3.C2H3F3/c1-31-29-11-18(23(24,25)26)8-17-10-28(7-6-20(17)29)22(30)14-4-5-19(9-14)27-21-15-2-3-16(21)13-32-12-15;1-2(3,4)5/h8,11,14-16,19,21,27H,2-7,9-10,12-13H2,1H3;1H3/q+1;. The molecule has 2 saturated carbocycles. The normalized spacial score (nSPS) is 29.4. The van der Waals surface area contributed by atoms with Crippen molar-refractivity contribution in [2.24, 2.45) is 17.8 Å². The molecule has 2 aliphatic carbocycles. The number of hydrogen-bond acceptors (Lipinski definition) is 4. The van der Waals surface area contributed by atoms with Gasteiger partial charge in [0.15, 0.2) is 0 Å². The Morgan fingerprint density at radius 3 is 2.35 bits per heavy atom. The second-order valence-electron chi connectivity index (χ2n) is 10.5. The Hall–Kier alpha value is -2.08. The summed E-state index contributed by atoms with van der Waals surface area (Å²) in [7, 11) is 1.36. The summed E-state index contributed by atoms with van der Waals surface area (Å²) in [5.41, 5.74) is 0.446. The number of carbonyl (C=O) groups excluding carboxylic acids is 1. The van der Waals surface area contributed by atoms with Crippen LogP contribution in [0.2, 0.25) is 0 Å². The van der Waals surface area contributed by atoms with Crippen molar-refractivity contribution in [3.63, 3.8) is 0 Å². The lowest BCUT2D eigenvalue weighted by atomic mass is 9.95. The molecule has 0 radical (unpaired) electrons. The number of amides is 1. The van der Waals surface area contributed by atoms with Gasteiger partial charge in [0.05, 0.1) is 26.2 Å². The van der Waals surface area contributed by atoms with Gasteiger partial charge < -0.3 is 15.0 Å². The van der Waals surface area contributed by atoms with Crippen LogP contribution in [-0.2, 0) is 28.7 Å². The summed E-state index contributed by atoms with van der Waals surface area (Å²) >= 11 is 0. The number of ether oxygens (including phenoxy) is 1. The second-order valence-corrected chi connectivity index (χ2v) is 10.5. The van der Waals surface area contributed by atoms with Gasteiger partial charge in [-0.1, -0.05) is 0 Å². The minimum atomic E-state index is -4.46. The van der Waals surface area contributed by atoms with Crippen molar-refractivity contribution >= 4 is 5.91 Å². The van der Waals surface area contributed by atoms with Gasteiger partial charge in [-0.3, -0.25) is 9.63 Å². The Morgan fingerprint density at radius 2 is 1.76 bits per heavy atom. The van der Waals surface area contributed by atoms with E-state index in [0.717, 1.165) is 44.7 Å². The maximum absolute atomic E-state index is 13.3. The van der Waals surface area contributed by atoms with Crippen molar-refractivity contribution in [1.82, 2.24) is 10.2 Å². The fraction of sp³-hybridized carbons (Fsp3) is 0.760. The molecular weight excluding hydrogens is 504 g/mol. The van der Waals surface area contributed by atoms with Crippen molar-refractivity contribution in [2.45, 2.75) is 76.4 Å². The van der Waals surface area contributed by atoms with E-state index < -0.39 is 17.9 Å². The highest BCUT2D eigenvalue weighted by Crippen LogP contribution is 2.38. The molecule has 12 heteroatoms. The zero-order chi connectivity index (χ0) is 27.0. The minimum absolute atomic E-state index is 0.0631. The highest BCUT2D eigenvalue weighted by Gasteiger charge is 2.43. The first-order valence-corrected chi connectivity index (χ1v) is 12.7. The third-order valence-electron chi connectivity index (χ3n) is 7.84. The number of hydrogen-bond donors (Lipinski definition) is 1. The highest BCUT2D eigenvalue weighted by atomic mass is 19.4. The molecule has 1 amide bonds. The second kappa shape index (κ2) is 11.0. The van der Waals surface area contributed by atoms with Crippen LogP contribution < -0.4 is 14.9 Å². The Balaban J connectivity index is 0.000000586. The number of pyridine rings is 1. The molecule has 4 atom stereocenters. The van der Waals surface area contributed by atoms with E-state index in [0.29, 0.717) is 48.1 Å². The van der Waals surface area contributed by atoms with Crippen molar-refractivity contribution in [2.75, 3.05) is 26.9 Å². The summed E-state index contributed by atoms with van der Waals surface area (Å²) in [5.74, 6) is 1.16. The van der Waals surface area contributed by atoms with E-state index in [4.69, 9.17) is 9.57 Å². The van der Waals surface area contributed by atoms with Crippen molar-refractivity contribution in [1.29, 1.82) is 0 Å². The van der Waals surface area contributed by atoms with Crippen molar-refractivity contribution in [3.05, 3.63) is 29.1 Å². The SMILES string of the molecule is CC(F)(F)F.CO[n+]1cc(C(F)(F)F)cc2c1CCN(C(=O)C1CCC(NC3C4CCC3COC4)C1)C2. The van der Waals surface area contributed by atoms with Crippen LogP contribution in [0.5, 0.6) is 0 Å². The van der Waals surface area contributed by atoms with E-state index in [1.54, 1.807) is 4.90 Å². The topological polar surface area (TPSA) is 54.7 Å². The molecule has 4 aliphatic rings. The lowest BCUT2D eigenvalue weighted by Crippen LogP contribution is -2.51. The molecule has 1 N–H and O–H groups in total. The number of fused-ring (bicyclic) bond motifs is 3. The summed E-state index contributed by atoms with van der Waals surface area (Å²) in [5, 5.41) is 3.83.